The standard InChI is InChI=1S/C17H25F2N3O3S.ClH/c1-17(2,3)22-26(24,25)15-9-14(11(18)8-12(15)19)21-16(23)7-10-5-4-6-13(10)20;/h8-10,13,22H,4-7,20H2,1-3H3,(H,21,23);1H/t10-,13+;/m0./s1. The summed E-state index contributed by atoms with van der Waals surface area (Å²) in [6, 6.07) is 1.17. The van der Waals surface area contributed by atoms with E-state index in [0.717, 1.165) is 25.3 Å². The lowest BCUT2D eigenvalue weighted by atomic mass is 10.00. The molecule has 0 unspecified atom stereocenters. The van der Waals surface area contributed by atoms with Crippen LogP contribution >= 0.6 is 12.4 Å². The van der Waals surface area contributed by atoms with Gasteiger partial charge in [0.05, 0.1) is 5.69 Å². The van der Waals surface area contributed by atoms with Crippen LogP contribution in [0, 0.1) is 17.6 Å². The Morgan fingerprint density at radius 3 is 2.37 bits per heavy atom. The SMILES string of the molecule is CC(C)(C)NS(=O)(=O)c1cc(NC(=O)C[C@@H]2CCC[C@H]2N)c(F)cc1F.Cl. The van der Waals surface area contributed by atoms with Crippen LogP contribution in [0.3, 0.4) is 0 Å². The molecule has 1 aliphatic carbocycles. The fraction of sp³-hybridized carbons (Fsp3) is 0.588. The molecule has 6 nitrogen and oxygen atoms in total. The molecule has 0 bridgehead atoms. The van der Waals surface area contributed by atoms with E-state index in [-0.39, 0.29) is 36.5 Å². The summed E-state index contributed by atoms with van der Waals surface area (Å²) < 4.78 is 55.0. The normalized spacial score (nSPS) is 20.2. The van der Waals surface area contributed by atoms with Crippen LogP contribution in [-0.4, -0.2) is 25.9 Å². The van der Waals surface area contributed by atoms with Gasteiger partial charge in [-0.1, -0.05) is 6.42 Å². The van der Waals surface area contributed by atoms with Crippen molar-refractivity contribution in [3.05, 3.63) is 23.8 Å². The maximum atomic E-state index is 14.0. The van der Waals surface area contributed by atoms with Gasteiger partial charge in [0.2, 0.25) is 15.9 Å². The smallest absolute Gasteiger partial charge is 0.244 e. The molecule has 1 aliphatic rings. The number of amides is 1. The van der Waals surface area contributed by atoms with Gasteiger partial charge in [-0.05, 0) is 45.6 Å². The lowest BCUT2D eigenvalue weighted by Crippen LogP contribution is -2.40. The molecule has 2 rings (SSSR count). The second-order valence-electron chi connectivity index (χ2n) is 7.73. The Bertz CT molecular complexity index is 797. The van der Waals surface area contributed by atoms with Gasteiger partial charge in [-0.15, -0.1) is 12.4 Å². The van der Waals surface area contributed by atoms with Gasteiger partial charge in [0.15, 0.2) is 0 Å². The maximum absolute atomic E-state index is 14.0. The highest BCUT2D eigenvalue weighted by Crippen LogP contribution is 2.28. The van der Waals surface area contributed by atoms with Crippen LogP contribution in [0.4, 0.5) is 14.5 Å². The van der Waals surface area contributed by atoms with Crippen molar-refractivity contribution < 1.29 is 22.0 Å². The number of rotatable bonds is 5. The van der Waals surface area contributed by atoms with Crippen LogP contribution in [-0.2, 0) is 14.8 Å². The lowest BCUT2D eigenvalue weighted by Gasteiger charge is -2.21. The van der Waals surface area contributed by atoms with Gasteiger partial charge >= 0.3 is 0 Å². The lowest BCUT2D eigenvalue weighted by molar-refractivity contribution is -0.117. The Hall–Kier alpha value is -1.29. The largest absolute Gasteiger partial charge is 0.327 e. The Kier molecular flexibility index (Phi) is 7.75. The number of carbonyl (C=O) groups excluding carboxylic acids is 1. The molecule has 0 radical (unpaired) electrons. The molecule has 0 spiro atoms. The van der Waals surface area contributed by atoms with Crippen molar-refractivity contribution in [2.75, 3.05) is 5.32 Å². The number of nitrogens with two attached hydrogens (primary N) is 1. The Morgan fingerprint density at radius 2 is 1.85 bits per heavy atom. The van der Waals surface area contributed by atoms with Gasteiger partial charge in [0.1, 0.15) is 16.5 Å². The number of anilines is 1. The van der Waals surface area contributed by atoms with Crippen molar-refractivity contribution in [3.63, 3.8) is 0 Å². The van der Waals surface area contributed by atoms with Gasteiger partial charge in [-0.3, -0.25) is 4.79 Å². The number of carbonyl (C=O) groups is 1. The molecule has 0 aromatic heterocycles. The van der Waals surface area contributed by atoms with Crippen molar-refractivity contribution >= 4 is 34.0 Å². The van der Waals surface area contributed by atoms with Crippen molar-refractivity contribution in [3.8, 4) is 0 Å². The molecular weight excluding hydrogens is 400 g/mol. The summed E-state index contributed by atoms with van der Waals surface area (Å²) >= 11 is 0. The number of hydrogen-bond acceptors (Lipinski definition) is 4. The van der Waals surface area contributed by atoms with E-state index in [4.69, 9.17) is 5.73 Å². The molecule has 10 heteroatoms. The molecular formula is C17H26ClF2N3O3S. The third-order valence-corrected chi connectivity index (χ3v) is 5.96. The van der Waals surface area contributed by atoms with E-state index in [1.165, 1.54) is 0 Å². The molecule has 27 heavy (non-hydrogen) atoms. The minimum atomic E-state index is -4.22. The number of nitrogens with one attached hydrogen (secondary N) is 2. The third-order valence-electron chi connectivity index (χ3n) is 4.19. The third kappa shape index (κ3) is 6.38. The summed E-state index contributed by atoms with van der Waals surface area (Å²) in [5.74, 6) is -2.74. The van der Waals surface area contributed by atoms with Crippen LogP contribution in [0.5, 0.6) is 0 Å². The fourth-order valence-electron chi connectivity index (χ4n) is 3.05. The van der Waals surface area contributed by atoms with Gasteiger partial charge in [-0.25, -0.2) is 21.9 Å². The van der Waals surface area contributed by atoms with Crippen LogP contribution < -0.4 is 15.8 Å². The first-order chi connectivity index (χ1) is 11.9. The van der Waals surface area contributed by atoms with Crippen LogP contribution in [0.2, 0.25) is 0 Å². The highest BCUT2D eigenvalue weighted by atomic mass is 35.5. The predicted molar refractivity (Wildman–Crippen MR) is 102 cm³/mol. The highest BCUT2D eigenvalue weighted by Gasteiger charge is 2.28. The topological polar surface area (TPSA) is 101 Å². The monoisotopic (exact) mass is 425 g/mol. The van der Waals surface area contributed by atoms with Crippen molar-refractivity contribution in [1.29, 1.82) is 0 Å². The van der Waals surface area contributed by atoms with Gasteiger partial charge < -0.3 is 11.1 Å². The number of hydrogen-bond donors (Lipinski definition) is 3. The number of benzene rings is 1. The summed E-state index contributed by atoms with van der Waals surface area (Å²) in [5.41, 5.74) is 4.70. The summed E-state index contributed by atoms with van der Waals surface area (Å²) in [6.07, 6.45) is 2.70. The Labute approximate surface area is 164 Å². The average Bonchev–Trinajstić information content (AvgIpc) is 2.84. The van der Waals surface area contributed by atoms with Crippen LogP contribution in [0.25, 0.3) is 0 Å². The van der Waals surface area contributed by atoms with Gasteiger partial charge in [0.25, 0.3) is 0 Å². The van der Waals surface area contributed by atoms with E-state index < -0.39 is 38.0 Å². The van der Waals surface area contributed by atoms with Gasteiger partial charge in [0, 0.05) is 24.1 Å². The minimum absolute atomic E-state index is 0. The maximum Gasteiger partial charge on any atom is 0.244 e. The van der Waals surface area contributed by atoms with Crippen LogP contribution in [0.1, 0.15) is 46.5 Å². The van der Waals surface area contributed by atoms with E-state index in [1.807, 2.05) is 0 Å². The van der Waals surface area contributed by atoms with Crippen molar-refractivity contribution in [2.24, 2.45) is 11.7 Å². The van der Waals surface area contributed by atoms with E-state index in [1.54, 1.807) is 20.8 Å². The minimum Gasteiger partial charge on any atom is -0.327 e. The molecule has 1 amide bonds. The van der Waals surface area contributed by atoms with E-state index in [9.17, 15) is 22.0 Å². The predicted octanol–water partition coefficient (Wildman–Crippen LogP) is 2.92. The first-order valence-electron chi connectivity index (χ1n) is 8.47. The van der Waals surface area contributed by atoms with E-state index in [2.05, 4.69) is 10.0 Å². The second-order valence-corrected chi connectivity index (χ2v) is 9.38. The van der Waals surface area contributed by atoms with E-state index >= 15 is 0 Å². The summed E-state index contributed by atoms with van der Waals surface area (Å²) in [6.45, 7) is 4.79. The molecule has 4 N–H and O–H groups in total. The molecule has 1 saturated carbocycles. The molecule has 0 saturated heterocycles. The molecule has 154 valence electrons. The summed E-state index contributed by atoms with van der Waals surface area (Å²) in [7, 11) is -4.22. The number of sulfonamides is 1. The van der Waals surface area contributed by atoms with Crippen molar-refractivity contribution in [2.45, 2.75) is 62.9 Å². The molecule has 2 atom stereocenters. The van der Waals surface area contributed by atoms with Crippen LogP contribution in [0.15, 0.2) is 17.0 Å². The zero-order valence-corrected chi connectivity index (χ0v) is 17.1. The fourth-order valence-corrected chi connectivity index (χ4v) is 4.55. The second kappa shape index (κ2) is 8.81. The average molecular weight is 426 g/mol. The van der Waals surface area contributed by atoms with Gasteiger partial charge in [-0.2, -0.15) is 0 Å². The molecule has 0 heterocycles. The molecule has 1 aromatic rings. The zero-order valence-electron chi connectivity index (χ0n) is 15.5. The Morgan fingerprint density at radius 1 is 1.22 bits per heavy atom. The number of halogens is 3. The molecule has 1 aromatic carbocycles. The van der Waals surface area contributed by atoms with Crippen molar-refractivity contribution in [1.82, 2.24) is 4.72 Å². The summed E-state index contributed by atoms with van der Waals surface area (Å²) in [4.78, 5) is 11.4. The first kappa shape index (κ1) is 23.7. The molecule has 1 fully saturated rings. The first-order valence-corrected chi connectivity index (χ1v) is 9.96. The van der Waals surface area contributed by atoms with E-state index in [0.29, 0.717) is 6.07 Å². The quantitative estimate of drug-likeness (QED) is 0.675. The highest BCUT2D eigenvalue weighted by molar-refractivity contribution is 7.89. The summed E-state index contributed by atoms with van der Waals surface area (Å²) in [5, 5.41) is 2.33. The zero-order chi connectivity index (χ0) is 19.7. The Balaban J connectivity index is 0.00000364. The molecule has 0 aliphatic heterocycles.